The molecule has 1 unspecified atom stereocenters. The molecule has 3 N–H and O–H groups in total. The molecule has 3 nitrogen and oxygen atoms in total. The van der Waals surface area contributed by atoms with Gasteiger partial charge < -0.3 is 15.3 Å². The first-order valence-corrected chi connectivity index (χ1v) is 9.21. The van der Waals surface area contributed by atoms with Crippen molar-refractivity contribution in [2.24, 2.45) is 0 Å². The van der Waals surface area contributed by atoms with Crippen molar-refractivity contribution in [1.82, 2.24) is 0 Å². The molecule has 0 bridgehead atoms. The van der Waals surface area contributed by atoms with Gasteiger partial charge in [-0.15, -0.1) is 0 Å². The molecule has 1 aliphatic rings. The van der Waals surface area contributed by atoms with Crippen LogP contribution in [0.5, 0.6) is 11.5 Å². The largest absolute Gasteiger partial charge is 0.508 e. The van der Waals surface area contributed by atoms with E-state index in [1.54, 1.807) is 24.3 Å². The number of aromatic hydroxyl groups is 2. The van der Waals surface area contributed by atoms with Crippen LogP contribution in [-0.4, -0.2) is 21.4 Å². The molecule has 2 aromatic carbocycles. The monoisotopic (exact) mass is 362 g/mol. The van der Waals surface area contributed by atoms with Crippen LogP contribution in [0.15, 0.2) is 83.0 Å². The molecule has 0 amide bonds. The topological polar surface area (TPSA) is 60.7 Å². The molecule has 2 aromatic rings. The maximum Gasteiger partial charge on any atom is 0.115 e. The Balaban J connectivity index is 1.80. The van der Waals surface area contributed by atoms with Gasteiger partial charge in [-0.25, -0.2) is 0 Å². The van der Waals surface area contributed by atoms with Crippen LogP contribution in [0, 0.1) is 0 Å². The number of hydrogen-bond acceptors (Lipinski definition) is 3. The van der Waals surface area contributed by atoms with Crippen LogP contribution in [0.1, 0.15) is 31.4 Å². The Morgan fingerprint density at radius 1 is 0.815 bits per heavy atom. The highest BCUT2D eigenvalue weighted by Crippen LogP contribution is 2.30. The van der Waals surface area contributed by atoms with Crippen LogP contribution in [0.2, 0.25) is 0 Å². The second-order valence-corrected chi connectivity index (χ2v) is 7.28. The van der Waals surface area contributed by atoms with Crippen LogP contribution in [-0.2, 0) is 12.8 Å². The second kappa shape index (κ2) is 8.28. The summed E-state index contributed by atoms with van der Waals surface area (Å²) in [5.74, 6) is 0.541. The highest BCUT2D eigenvalue weighted by atomic mass is 16.3. The van der Waals surface area contributed by atoms with Gasteiger partial charge in [0.2, 0.25) is 0 Å². The van der Waals surface area contributed by atoms with E-state index in [4.69, 9.17) is 0 Å². The van der Waals surface area contributed by atoms with E-state index in [-0.39, 0.29) is 11.5 Å². The minimum absolute atomic E-state index is 0.264. The lowest BCUT2D eigenvalue weighted by molar-refractivity contribution is 0.252. The van der Waals surface area contributed by atoms with Gasteiger partial charge in [0.15, 0.2) is 0 Å². The van der Waals surface area contributed by atoms with Crippen molar-refractivity contribution in [2.45, 2.75) is 39.2 Å². The molecule has 1 aliphatic carbocycles. The second-order valence-electron chi connectivity index (χ2n) is 7.28. The van der Waals surface area contributed by atoms with E-state index >= 15 is 0 Å². The maximum atomic E-state index is 10.4. The van der Waals surface area contributed by atoms with Crippen molar-refractivity contribution in [2.75, 3.05) is 0 Å². The smallest absolute Gasteiger partial charge is 0.115 e. The van der Waals surface area contributed by atoms with Crippen molar-refractivity contribution in [3.05, 3.63) is 94.1 Å². The van der Waals surface area contributed by atoms with Gasteiger partial charge in [-0.05, 0) is 79.6 Å². The third-order valence-electron chi connectivity index (χ3n) is 5.13. The number of aliphatic hydroxyl groups is 1. The first-order valence-electron chi connectivity index (χ1n) is 9.21. The molecule has 140 valence electrons. The van der Waals surface area contributed by atoms with Crippen LogP contribution in [0.3, 0.4) is 0 Å². The fraction of sp³-hybridized carbons (Fsp3) is 0.250. The van der Waals surface area contributed by atoms with Crippen LogP contribution < -0.4 is 0 Å². The molecule has 0 heterocycles. The van der Waals surface area contributed by atoms with E-state index in [0.29, 0.717) is 0 Å². The summed E-state index contributed by atoms with van der Waals surface area (Å²) in [6.45, 7) is 4.19. The highest BCUT2D eigenvalue weighted by Gasteiger charge is 2.18. The van der Waals surface area contributed by atoms with E-state index in [1.807, 2.05) is 36.4 Å². The molecule has 0 saturated heterocycles. The lowest BCUT2D eigenvalue weighted by Gasteiger charge is -2.23. The molecule has 0 aromatic heterocycles. The van der Waals surface area contributed by atoms with Gasteiger partial charge in [-0.1, -0.05) is 47.6 Å². The molecule has 3 rings (SSSR count). The summed E-state index contributed by atoms with van der Waals surface area (Å²) < 4.78 is 0. The Hall–Kier alpha value is -2.78. The van der Waals surface area contributed by atoms with Crippen LogP contribution in [0.4, 0.5) is 0 Å². The van der Waals surface area contributed by atoms with E-state index in [2.05, 4.69) is 13.8 Å². The van der Waals surface area contributed by atoms with Gasteiger partial charge in [-0.2, -0.15) is 0 Å². The number of allylic oxidation sites excluding steroid dienone is 4. The maximum absolute atomic E-state index is 10.4. The summed E-state index contributed by atoms with van der Waals surface area (Å²) in [4.78, 5) is 0. The number of phenols is 2. The molecule has 0 fully saturated rings. The number of aliphatic hydroxyl groups excluding tert-OH is 1. The molecule has 3 heteroatoms. The van der Waals surface area contributed by atoms with Crippen molar-refractivity contribution >= 4 is 0 Å². The number of rotatable bonds is 4. The van der Waals surface area contributed by atoms with Crippen molar-refractivity contribution < 1.29 is 15.3 Å². The molecular weight excluding hydrogens is 336 g/mol. The first-order chi connectivity index (χ1) is 12.9. The Labute approximate surface area is 160 Å². The van der Waals surface area contributed by atoms with E-state index in [0.717, 1.165) is 41.5 Å². The van der Waals surface area contributed by atoms with Gasteiger partial charge in [0, 0.05) is 0 Å². The highest BCUT2D eigenvalue weighted by molar-refractivity contribution is 5.42. The van der Waals surface area contributed by atoms with Crippen molar-refractivity contribution in [1.29, 1.82) is 0 Å². The standard InChI is InChI=1S/C24H26O3/c1-16(13-18-3-8-21(25)9-4-18)20-7-12-24(27)23(15-20)17(2)14-19-5-10-22(26)11-6-19/h3-12,24-27H,13-15H2,1-2H3. The zero-order valence-corrected chi connectivity index (χ0v) is 15.8. The minimum atomic E-state index is -0.549. The van der Waals surface area contributed by atoms with Gasteiger partial charge >= 0.3 is 0 Å². The summed E-state index contributed by atoms with van der Waals surface area (Å²) in [6, 6.07) is 14.5. The fourth-order valence-corrected chi connectivity index (χ4v) is 3.46. The lowest BCUT2D eigenvalue weighted by Crippen LogP contribution is -2.15. The van der Waals surface area contributed by atoms with Gasteiger partial charge in [0.05, 0.1) is 6.10 Å². The average molecular weight is 362 g/mol. The van der Waals surface area contributed by atoms with E-state index in [9.17, 15) is 15.3 Å². The third-order valence-corrected chi connectivity index (χ3v) is 5.13. The molecule has 27 heavy (non-hydrogen) atoms. The summed E-state index contributed by atoms with van der Waals surface area (Å²) in [7, 11) is 0. The lowest BCUT2D eigenvalue weighted by atomic mass is 9.85. The van der Waals surface area contributed by atoms with Gasteiger partial charge in [0.1, 0.15) is 11.5 Å². The zero-order chi connectivity index (χ0) is 19.4. The summed E-state index contributed by atoms with van der Waals surface area (Å²) in [6.07, 6.45) is 5.65. The number of benzene rings is 2. The van der Waals surface area contributed by atoms with Crippen LogP contribution >= 0.6 is 0 Å². The van der Waals surface area contributed by atoms with Crippen LogP contribution in [0.25, 0.3) is 0 Å². The molecule has 1 atom stereocenters. The summed E-state index contributed by atoms with van der Waals surface area (Å²) in [5, 5.41) is 29.3. The van der Waals surface area contributed by atoms with Gasteiger partial charge in [-0.3, -0.25) is 0 Å². The molecule has 0 aliphatic heterocycles. The SMILES string of the molecule is CC(Cc1ccc(O)cc1)=C1C=CC(O)C(=C(C)Cc2ccc(O)cc2)C1. The Morgan fingerprint density at radius 2 is 1.30 bits per heavy atom. The van der Waals surface area contributed by atoms with E-state index in [1.165, 1.54) is 11.1 Å². The minimum Gasteiger partial charge on any atom is -0.508 e. The quantitative estimate of drug-likeness (QED) is 0.682. The predicted molar refractivity (Wildman–Crippen MR) is 109 cm³/mol. The number of hydrogen-bond donors (Lipinski definition) is 3. The van der Waals surface area contributed by atoms with Crippen molar-refractivity contribution in [3.63, 3.8) is 0 Å². The summed E-state index contributed by atoms with van der Waals surface area (Å²) >= 11 is 0. The van der Waals surface area contributed by atoms with E-state index < -0.39 is 6.10 Å². The molecule has 0 spiro atoms. The molecule has 0 radical (unpaired) electrons. The first kappa shape index (κ1) is 19.0. The van der Waals surface area contributed by atoms with Crippen molar-refractivity contribution in [3.8, 4) is 11.5 Å². The third kappa shape index (κ3) is 4.89. The molecule has 0 saturated carbocycles. The summed E-state index contributed by atoms with van der Waals surface area (Å²) in [5.41, 5.74) is 6.97. The molecular formula is C24H26O3. The normalized spacial score (nSPS) is 20.5. The fourth-order valence-electron chi connectivity index (χ4n) is 3.46. The van der Waals surface area contributed by atoms with Gasteiger partial charge in [0.25, 0.3) is 0 Å². The average Bonchev–Trinajstić information content (AvgIpc) is 2.65. The zero-order valence-electron chi connectivity index (χ0n) is 15.8. The number of phenolic OH excluding ortho intramolecular Hbond substituents is 2. The Morgan fingerprint density at radius 3 is 1.81 bits per heavy atom. The Kier molecular flexibility index (Phi) is 5.82. The predicted octanol–water partition coefficient (Wildman–Crippen LogP) is 4.84. The Bertz CT molecular complexity index is 884.